The van der Waals surface area contributed by atoms with E-state index in [1.54, 1.807) is 0 Å². The molecule has 52 valence electrons. The first-order chi connectivity index (χ1) is 4.29. The van der Waals surface area contributed by atoms with Crippen LogP contribution in [0, 0.1) is 13.0 Å². The molecule has 0 aromatic rings. The molecule has 0 saturated carbocycles. The Bertz CT molecular complexity index is 98.0. The van der Waals surface area contributed by atoms with Gasteiger partial charge in [0, 0.05) is 0 Å². The van der Waals surface area contributed by atoms with Crippen molar-refractivity contribution in [2.75, 3.05) is 19.6 Å². The van der Waals surface area contributed by atoms with Crippen LogP contribution in [0.2, 0.25) is 0 Å². The van der Waals surface area contributed by atoms with Crippen LogP contribution in [0.1, 0.15) is 19.3 Å². The van der Waals surface area contributed by atoms with Crippen molar-refractivity contribution < 1.29 is 4.48 Å². The quantitative estimate of drug-likeness (QED) is 0.339. The minimum atomic E-state index is 1.08. The highest BCUT2D eigenvalue weighted by Crippen LogP contribution is 2.32. The number of hydrogen-bond acceptors (Lipinski definition) is 0. The van der Waals surface area contributed by atoms with Gasteiger partial charge in [-0.15, -0.1) is 7.05 Å². The Morgan fingerprint density at radius 3 is 1.67 bits per heavy atom. The van der Waals surface area contributed by atoms with Crippen molar-refractivity contribution in [1.82, 2.24) is 0 Å². The van der Waals surface area contributed by atoms with E-state index in [1.165, 1.54) is 38.9 Å². The van der Waals surface area contributed by atoms with Gasteiger partial charge in [0.2, 0.25) is 0 Å². The summed E-state index contributed by atoms with van der Waals surface area (Å²) in [6.07, 6.45) is 4.34. The lowest BCUT2D eigenvalue weighted by Crippen LogP contribution is -2.53. The molecule has 0 radical (unpaired) electrons. The molecule has 0 N–H and O–H groups in total. The fraction of sp³-hybridized carbons (Fsp3) is 0.875. The minimum absolute atomic E-state index is 1.08. The van der Waals surface area contributed by atoms with Gasteiger partial charge in [0.15, 0.2) is 0 Å². The van der Waals surface area contributed by atoms with Gasteiger partial charge < -0.3 is 4.48 Å². The third-order valence-corrected chi connectivity index (χ3v) is 3.04. The van der Waals surface area contributed by atoms with Crippen LogP contribution < -0.4 is 0 Å². The highest BCUT2D eigenvalue weighted by molar-refractivity contribution is 4.70. The zero-order chi connectivity index (χ0) is 6.32. The van der Waals surface area contributed by atoms with Gasteiger partial charge in [0.1, 0.15) is 0 Å². The van der Waals surface area contributed by atoms with Gasteiger partial charge in [0.05, 0.1) is 19.6 Å². The molecule has 2 bridgehead atoms. The summed E-state index contributed by atoms with van der Waals surface area (Å²) in [7, 11) is 4.22. The molecule has 0 atom stereocenters. The van der Waals surface area contributed by atoms with Gasteiger partial charge >= 0.3 is 0 Å². The average molecular weight is 125 g/mol. The second-order valence-corrected chi connectivity index (χ2v) is 3.74. The first-order valence-electron chi connectivity index (χ1n) is 3.99. The highest BCUT2D eigenvalue weighted by atomic mass is 15.3. The lowest BCUT2D eigenvalue weighted by atomic mass is 9.86. The molecule has 0 unspecified atom stereocenters. The number of quaternary nitrogens is 1. The monoisotopic (exact) mass is 125 g/mol. The third-order valence-electron chi connectivity index (χ3n) is 3.04. The van der Waals surface area contributed by atoms with Gasteiger partial charge in [-0.25, -0.2) is 0 Å². The van der Waals surface area contributed by atoms with E-state index in [-0.39, 0.29) is 0 Å². The summed E-state index contributed by atoms with van der Waals surface area (Å²) in [4.78, 5) is 0. The Labute approximate surface area is 57.3 Å². The molecule has 0 aromatic carbocycles. The van der Waals surface area contributed by atoms with Crippen LogP contribution in [-0.4, -0.2) is 24.1 Å². The van der Waals surface area contributed by atoms with Crippen molar-refractivity contribution in [3.8, 4) is 0 Å². The van der Waals surface area contributed by atoms with Crippen LogP contribution in [0.15, 0.2) is 0 Å². The molecule has 3 rings (SSSR count). The van der Waals surface area contributed by atoms with E-state index in [2.05, 4.69) is 7.05 Å². The van der Waals surface area contributed by atoms with Crippen LogP contribution in [0.5, 0.6) is 0 Å². The molecule has 3 saturated heterocycles. The van der Waals surface area contributed by atoms with Gasteiger partial charge in [-0.1, -0.05) is 0 Å². The summed E-state index contributed by atoms with van der Waals surface area (Å²) in [6.45, 7) is 4.06. The second kappa shape index (κ2) is 1.72. The first kappa shape index (κ1) is 5.72. The maximum atomic E-state index is 4.22. The number of rotatable bonds is 0. The molecule has 3 fully saturated rings. The van der Waals surface area contributed by atoms with Crippen molar-refractivity contribution in [2.24, 2.45) is 5.92 Å². The Balaban J connectivity index is 2.11. The van der Waals surface area contributed by atoms with E-state index in [0.717, 1.165) is 10.4 Å². The maximum Gasteiger partial charge on any atom is 0.0547 e. The van der Waals surface area contributed by atoms with Gasteiger partial charge in [0.25, 0.3) is 0 Å². The fourth-order valence-corrected chi connectivity index (χ4v) is 2.14. The molecule has 0 amide bonds. The summed E-state index contributed by atoms with van der Waals surface area (Å²) in [6, 6.07) is 0. The lowest BCUT2D eigenvalue weighted by Gasteiger charge is -2.52. The minimum Gasteiger partial charge on any atom is -0.457 e. The normalized spacial score (nSPS) is 49.7. The Hall–Kier alpha value is -0.0400. The fourth-order valence-electron chi connectivity index (χ4n) is 2.14. The standard InChI is InChI=1S/C8H15N/c1-9-5-2-8(3-6-9)4-7-9/h8H,1-7H2. The Morgan fingerprint density at radius 1 is 1.00 bits per heavy atom. The van der Waals surface area contributed by atoms with Crippen molar-refractivity contribution in [1.29, 1.82) is 0 Å². The average Bonchev–Trinajstić information content (AvgIpc) is 1.90. The molecule has 1 heteroatoms. The van der Waals surface area contributed by atoms with Crippen LogP contribution in [-0.2, 0) is 0 Å². The van der Waals surface area contributed by atoms with Crippen molar-refractivity contribution in [3.05, 3.63) is 7.05 Å². The molecule has 0 aromatic heterocycles. The molecule has 9 heavy (non-hydrogen) atoms. The Kier molecular flexibility index (Phi) is 1.10. The van der Waals surface area contributed by atoms with Gasteiger partial charge in [-0.3, -0.25) is 0 Å². The summed E-state index contributed by atoms with van der Waals surface area (Å²) < 4.78 is 1.14. The first-order valence-corrected chi connectivity index (χ1v) is 3.99. The van der Waals surface area contributed by atoms with E-state index >= 15 is 0 Å². The third kappa shape index (κ3) is 0.877. The van der Waals surface area contributed by atoms with Crippen molar-refractivity contribution in [2.45, 2.75) is 19.3 Å². The van der Waals surface area contributed by atoms with Crippen molar-refractivity contribution in [3.63, 3.8) is 0 Å². The molecule has 0 spiro atoms. The van der Waals surface area contributed by atoms with Crippen LogP contribution in [0.25, 0.3) is 0 Å². The molecule has 3 aliphatic heterocycles. The predicted molar refractivity (Wildman–Crippen MR) is 37.6 cm³/mol. The summed E-state index contributed by atoms with van der Waals surface area (Å²) in [5, 5.41) is 0. The largest absolute Gasteiger partial charge is 0.457 e. The molecule has 0 aliphatic carbocycles. The predicted octanol–water partition coefficient (Wildman–Crippen LogP) is 1.41. The molecule has 3 aliphatic rings. The summed E-state index contributed by atoms with van der Waals surface area (Å²) in [5.74, 6) is 1.08. The summed E-state index contributed by atoms with van der Waals surface area (Å²) in [5.41, 5.74) is 0. The molecular weight excluding hydrogens is 110 g/mol. The number of hydrogen-bond donors (Lipinski definition) is 0. The second-order valence-electron chi connectivity index (χ2n) is 3.74. The molecular formula is C8H15N. The SMILES string of the molecule is [CH2-][N+]12CCC(CC1)CC2. The van der Waals surface area contributed by atoms with Crippen LogP contribution in [0.4, 0.5) is 0 Å². The molecule has 3 heterocycles. The van der Waals surface area contributed by atoms with E-state index in [0.29, 0.717) is 0 Å². The number of piperidine rings is 3. The maximum absolute atomic E-state index is 4.22. The zero-order valence-electron chi connectivity index (χ0n) is 5.97. The highest BCUT2D eigenvalue weighted by Gasteiger charge is 2.31. The number of fused-ring (bicyclic) bond motifs is 3. The zero-order valence-corrected chi connectivity index (χ0v) is 5.97. The van der Waals surface area contributed by atoms with E-state index in [4.69, 9.17) is 0 Å². The smallest absolute Gasteiger partial charge is 0.0547 e. The Morgan fingerprint density at radius 2 is 1.44 bits per heavy atom. The number of nitrogens with zero attached hydrogens (tertiary/aromatic N) is 1. The van der Waals surface area contributed by atoms with Crippen LogP contribution in [0.3, 0.4) is 0 Å². The summed E-state index contributed by atoms with van der Waals surface area (Å²) >= 11 is 0. The van der Waals surface area contributed by atoms with Crippen molar-refractivity contribution >= 4 is 0 Å². The van der Waals surface area contributed by atoms with E-state index < -0.39 is 0 Å². The van der Waals surface area contributed by atoms with Crippen LogP contribution >= 0.6 is 0 Å². The van der Waals surface area contributed by atoms with E-state index in [9.17, 15) is 0 Å². The topological polar surface area (TPSA) is 0 Å². The van der Waals surface area contributed by atoms with Gasteiger partial charge in [-0.2, -0.15) is 0 Å². The lowest BCUT2D eigenvalue weighted by molar-refractivity contribution is -0.901. The van der Waals surface area contributed by atoms with Gasteiger partial charge in [-0.05, 0) is 25.2 Å². The molecule has 1 nitrogen and oxygen atoms in total. The van der Waals surface area contributed by atoms with E-state index in [1.807, 2.05) is 0 Å².